The SMILES string of the molecule is C=C(C)[C@@H]1C[C@@]23C(=O)C(C(=O)C(C)C)=C(O)[C@](C)(C[C@H]2C1(C)C)C3=O. The summed E-state index contributed by atoms with van der Waals surface area (Å²) in [6.07, 6.45) is 0.810. The molecule has 3 aliphatic rings. The zero-order chi connectivity index (χ0) is 19.1. The number of aliphatic hydroxyl groups excluding tert-OH is 1. The van der Waals surface area contributed by atoms with E-state index >= 15 is 0 Å². The maximum Gasteiger partial charge on any atom is 0.183 e. The molecule has 3 aliphatic carbocycles. The molecule has 0 saturated heterocycles. The first kappa shape index (κ1) is 18.1. The average molecular weight is 344 g/mol. The smallest absolute Gasteiger partial charge is 0.183 e. The van der Waals surface area contributed by atoms with Crippen LogP contribution in [-0.2, 0) is 14.4 Å². The highest BCUT2D eigenvalue weighted by Crippen LogP contribution is 2.71. The van der Waals surface area contributed by atoms with Gasteiger partial charge in [0.1, 0.15) is 11.3 Å². The number of Topliss-reactive ketones (excluding diaryl/α,β-unsaturated/α-hetero) is 3. The van der Waals surface area contributed by atoms with Crippen molar-refractivity contribution >= 4 is 17.3 Å². The topological polar surface area (TPSA) is 71.4 Å². The molecule has 2 saturated carbocycles. The van der Waals surface area contributed by atoms with E-state index in [1.54, 1.807) is 20.8 Å². The van der Waals surface area contributed by atoms with E-state index in [9.17, 15) is 19.5 Å². The van der Waals surface area contributed by atoms with Crippen LogP contribution in [0.5, 0.6) is 0 Å². The van der Waals surface area contributed by atoms with Crippen LogP contribution in [-0.4, -0.2) is 22.5 Å². The van der Waals surface area contributed by atoms with E-state index in [-0.39, 0.29) is 40.1 Å². The van der Waals surface area contributed by atoms with Crippen molar-refractivity contribution in [2.24, 2.45) is 34.0 Å². The third-order valence-electron chi connectivity index (χ3n) is 7.19. The summed E-state index contributed by atoms with van der Waals surface area (Å²) >= 11 is 0. The predicted molar refractivity (Wildman–Crippen MR) is 94.9 cm³/mol. The molecule has 0 unspecified atom stereocenters. The maximum absolute atomic E-state index is 13.5. The Morgan fingerprint density at radius 3 is 2.24 bits per heavy atom. The number of ketones is 3. The summed E-state index contributed by atoms with van der Waals surface area (Å²) in [6, 6.07) is 0. The minimum atomic E-state index is -1.19. The molecule has 3 rings (SSSR count). The Morgan fingerprint density at radius 2 is 1.76 bits per heavy atom. The highest BCUT2D eigenvalue weighted by atomic mass is 16.3. The zero-order valence-corrected chi connectivity index (χ0v) is 16.0. The van der Waals surface area contributed by atoms with Crippen LogP contribution < -0.4 is 0 Å². The van der Waals surface area contributed by atoms with Gasteiger partial charge in [-0.25, -0.2) is 0 Å². The number of rotatable bonds is 3. The van der Waals surface area contributed by atoms with Crippen molar-refractivity contribution in [1.82, 2.24) is 0 Å². The molecule has 0 heterocycles. The molecule has 4 atom stereocenters. The van der Waals surface area contributed by atoms with E-state index < -0.39 is 22.5 Å². The van der Waals surface area contributed by atoms with Gasteiger partial charge in [0.05, 0.1) is 10.8 Å². The Bertz CT molecular complexity index is 754. The van der Waals surface area contributed by atoms with Crippen molar-refractivity contribution in [3.63, 3.8) is 0 Å². The van der Waals surface area contributed by atoms with Gasteiger partial charge in [0.15, 0.2) is 17.3 Å². The lowest BCUT2D eigenvalue weighted by Crippen LogP contribution is -2.49. The van der Waals surface area contributed by atoms with Crippen molar-refractivity contribution in [3.05, 3.63) is 23.5 Å². The van der Waals surface area contributed by atoms with Crippen LogP contribution >= 0.6 is 0 Å². The Hall–Kier alpha value is -1.71. The summed E-state index contributed by atoms with van der Waals surface area (Å²) < 4.78 is 0. The van der Waals surface area contributed by atoms with Gasteiger partial charge in [0.25, 0.3) is 0 Å². The fraction of sp³-hybridized carbons (Fsp3) is 0.667. The van der Waals surface area contributed by atoms with Crippen molar-refractivity contribution in [2.75, 3.05) is 0 Å². The van der Waals surface area contributed by atoms with Crippen LogP contribution in [0.4, 0.5) is 0 Å². The summed E-state index contributed by atoms with van der Waals surface area (Å²) in [5, 5.41) is 10.8. The van der Waals surface area contributed by atoms with Gasteiger partial charge in [-0.2, -0.15) is 0 Å². The van der Waals surface area contributed by atoms with Gasteiger partial charge in [-0.05, 0) is 43.9 Å². The van der Waals surface area contributed by atoms with Gasteiger partial charge in [0.2, 0.25) is 0 Å². The molecule has 0 aromatic carbocycles. The number of carbonyl (C=O) groups is 3. The molecule has 0 aromatic rings. The molecule has 4 nitrogen and oxygen atoms in total. The van der Waals surface area contributed by atoms with Crippen molar-refractivity contribution in [1.29, 1.82) is 0 Å². The number of carbonyl (C=O) groups excluding carboxylic acids is 3. The molecule has 2 bridgehead atoms. The van der Waals surface area contributed by atoms with E-state index in [2.05, 4.69) is 20.4 Å². The lowest BCUT2D eigenvalue weighted by atomic mass is 9.64. The molecule has 0 aliphatic heterocycles. The van der Waals surface area contributed by atoms with Crippen LogP contribution in [0.1, 0.15) is 54.4 Å². The maximum atomic E-state index is 13.5. The second-order valence-corrected chi connectivity index (χ2v) is 9.39. The number of aliphatic hydroxyl groups is 1. The molecule has 1 spiro atoms. The van der Waals surface area contributed by atoms with Gasteiger partial charge >= 0.3 is 0 Å². The van der Waals surface area contributed by atoms with Gasteiger partial charge in [0, 0.05) is 5.92 Å². The first-order valence-electron chi connectivity index (χ1n) is 9.06. The summed E-state index contributed by atoms with van der Waals surface area (Å²) in [6.45, 7) is 15.3. The summed E-state index contributed by atoms with van der Waals surface area (Å²) in [7, 11) is 0. The lowest BCUT2D eigenvalue weighted by molar-refractivity contribution is -0.144. The molecular formula is C21H28O4. The standard InChI is InChI=1S/C21H28O4/c1-10(2)12-8-21-13(19(12,5)6)9-20(7,18(21)25)16(23)14(17(21)24)15(22)11(3)4/h11-13,23H,1,8-9H2,2-7H3/t12-,13-,20-,21-/m0/s1. The number of hydrogen-bond donors (Lipinski definition) is 1. The normalized spacial score (nSPS) is 39.2. The van der Waals surface area contributed by atoms with E-state index in [0.29, 0.717) is 12.8 Å². The molecule has 0 amide bonds. The minimum absolute atomic E-state index is 0.0468. The van der Waals surface area contributed by atoms with Crippen molar-refractivity contribution < 1.29 is 19.5 Å². The van der Waals surface area contributed by atoms with Crippen LogP contribution in [0.25, 0.3) is 0 Å². The molecular weight excluding hydrogens is 316 g/mol. The molecule has 0 aromatic heterocycles. The molecule has 0 radical (unpaired) electrons. The second kappa shape index (κ2) is 4.93. The number of allylic oxidation sites excluding steroid dienone is 3. The number of hydrogen-bond acceptors (Lipinski definition) is 4. The monoisotopic (exact) mass is 344 g/mol. The number of fused-ring (bicyclic) bond motifs is 1. The molecule has 1 N–H and O–H groups in total. The molecule has 25 heavy (non-hydrogen) atoms. The first-order valence-corrected chi connectivity index (χ1v) is 9.06. The van der Waals surface area contributed by atoms with E-state index in [1.165, 1.54) is 0 Å². The Balaban J connectivity index is 2.26. The van der Waals surface area contributed by atoms with Crippen molar-refractivity contribution in [3.8, 4) is 0 Å². The fourth-order valence-electron chi connectivity index (χ4n) is 5.78. The van der Waals surface area contributed by atoms with E-state index in [0.717, 1.165) is 5.57 Å². The third kappa shape index (κ3) is 1.86. The molecule has 2 fully saturated rings. The first-order chi connectivity index (χ1) is 11.3. The Morgan fingerprint density at radius 1 is 1.20 bits per heavy atom. The second-order valence-electron chi connectivity index (χ2n) is 9.39. The Kier molecular flexibility index (Phi) is 3.56. The van der Waals surface area contributed by atoms with E-state index in [4.69, 9.17) is 0 Å². The van der Waals surface area contributed by atoms with E-state index in [1.807, 2.05) is 6.92 Å². The van der Waals surface area contributed by atoms with Gasteiger partial charge in [-0.15, -0.1) is 0 Å². The Labute approximate surface area is 149 Å². The lowest BCUT2D eigenvalue weighted by Gasteiger charge is -2.35. The highest BCUT2D eigenvalue weighted by Gasteiger charge is 2.76. The zero-order valence-electron chi connectivity index (χ0n) is 16.0. The van der Waals surface area contributed by atoms with Gasteiger partial charge < -0.3 is 5.11 Å². The molecule has 136 valence electrons. The third-order valence-corrected chi connectivity index (χ3v) is 7.19. The summed E-state index contributed by atoms with van der Waals surface area (Å²) in [5.74, 6) is -1.87. The summed E-state index contributed by atoms with van der Waals surface area (Å²) in [5.41, 5.74) is -1.76. The predicted octanol–water partition coefficient (Wildman–Crippen LogP) is 3.81. The minimum Gasteiger partial charge on any atom is -0.510 e. The quantitative estimate of drug-likeness (QED) is 0.480. The van der Waals surface area contributed by atoms with Gasteiger partial charge in [-0.1, -0.05) is 39.8 Å². The van der Waals surface area contributed by atoms with Crippen LogP contribution in [0.15, 0.2) is 23.5 Å². The largest absolute Gasteiger partial charge is 0.510 e. The molecule has 4 heteroatoms. The fourth-order valence-corrected chi connectivity index (χ4v) is 5.78. The average Bonchev–Trinajstić information content (AvgIpc) is 2.85. The summed E-state index contributed by atoms with van der Waals surface area (Å²) in [4.78, 5) is 39.5. The van der Waals surface area contributed by atoms with Gasteiger partial charge in [-0.3, -0.25) is 14.4 Å². The van der Waals surface area contributed by atoms with Crippen LogP contribution in [0, 0.1) is 34.0 Å². The van der Waals surface area contributed by atoms with Crippen molar-refractivity contribution in [2.45, 2.75) is 54.4 Å². The van der Waals surface area contributed by atoms with Crippen LogP contribution in [0.2, 0.25) is 0 Å². The van der Waals surface area contributed by atoms with Crippen LogP contribution in [0.3, 0.4) is 0 Å². The highest BCUT2D eigenvalue weighted by molar-refractivity contribution is 6.32.